The number of amides is 4. The molecule has 1 saturated heterocycles. The van der Waals surface area contributed by atoms with E-state index in [9.17, 15) is 24.3 Å². The quantitative estimate of drug-likeness (QED) is 0.0839. The Morgan fingerprint density at radius 2 is 1.62 bits per heavy atom. The highest BCUT2D eigenvalue weighted by molar-refractivity contribution is 7.15. The summed E-state index contributed by atoms with van der Waals surface area (Å²) < 4.78 is 8.17. The third-order valence-electron chi connectivity index (χ3n) is 13.7. The molecule has 2 aliphatic heterocycles. The zero-order chi connectivity index (χ0) is 51.2. The summed E-state index contributed by atoms with van der Waals surface area (Å²) >= 11 is 9.50. The van der Waals surface area contributed by atoms with Crippen LogP contribution in [-0.2, 0) is 25.6 Å². The fourth-order valence-corrected chi connectivity index (χ4v) is 11.7. The van der Waals surface area contributed by atoms with Gasteiger partial charge in [-0.2, -0.15) is 0 Å². The molecule has 376 valence electrons. The van der Waals surface area contributed by atoms with Gasteiger partial charge in [-0.3, -0.25) is 28.7 Å². The zero-order valence-electron chi connectivity index (χ0n) is 41.5. The number of ether oxygens (including phenoxy) is 1. The van der Waals surface area contributed by atoms with Gasteiger partial charge in [0.15, 0.2) is 5.82 Å². The Kier molecular flexibility index (Phi) is 14.5. The number of aromatic nitrogens is 5. The van der Waals surface area contributed by atoms with E-state index >= 15 is 0 Å². The van der Waals surface area contributed by atoms with Crippen LogP contribution in [-0.4, -0.2) is 101 Å². The van der Waals surface area contributed by atoms with Crippen molar-refractivity contribution >= 4 is 63.6 Å². The Labute approximate surface area is 431 Å². The van der Waals surface area contributed by atoms with Gasteiger partial charge in [-0.15, -0.1) is 32.9 Å². The number of aliphatic hydroxyl groups excluding tert-OH is 1. The fraction of sp³-hybridized carbons (Fsp3) is 0.415. The number of rotatable bonds is 14. The number of carbonyl (C=O) groups is 4. The molecule has 6 heterocycles. The van der Waals surface area contributed by atoms with E-state index in [1.807, 2.05) is 100 Å². The van der Waals surface area contributed by atoms with Gasteiger partial charge in [-0.1, -0.05) is 74.8 Å². The highest BCUT2D eigenvalue weighted by Gasteiger charge is 2.45. The smallest absolute Gasteiger partial charge is 0.246 e. The minimum absolute atomic E-state index is 0.0285. The predicted molar refractivity (Wildman–Crippen MR) is 278 cm³/mol. The monoisotopic (exact) mass is 1030 g/mol. The van der Waals surface area contributed by atoms with Crippen molar-refractivity contribution in [3.05, 3.63) is 127 Å². The summed E-state index contributed by atoms with van der Waals surface area (Å²) in [6, 6.07) is 16.0. The van der Waals surface area contributed by atoms with Crippen LogP contribution < -0.4 is 20.7 Å². The minimum Gasteiger partial charge on any atom is -0.474 e. The number of aryl methyl sites for hydroxylation is 3. The van der Waals surface area contributed by atoms with Crippen molar-refractivity contribution in [2.24, 2.45) is 10.4 Å². The second kappa shape index (κ2) is 20.6. The van der Waals surface area contributed by atoms with Crippen molar-refractivity contribution in [2.75, 3.05) is 6.54 Å². The lowest BCUT2D eigenvalue weighted by Crippen LogP contribution is -2.58. The van der Waals surface area contributed by atoms with Crippen LogP contribution in [0, 0.1) is 33.1 Å². The molecule has 72 heavy (non-hydrogen) atoms. The minimum atomic E-state index is -0.979. The number of hydrogen-bond donors (Lipinski definition) is 4. The molecule has 2 fully saturated rings. The van der Waals surface area contributed by atoms with Crippen molar-refractivity contribution in [3.8, 4) is 21.3 Å². The van der Waals surface area contributed by atoms with Crippen molar-refractivity contribution in [2.45, 2.75) is 130 Å². The maximum atomic E-state index is 14.3. The number of β-amino-alcohol motifs (C(OH)–C–C–N with tert-alkyl or cyclic N) is 1. The number of fused-ring (bicyclic) bond motifs is 3. The van der Waals surface area contributed by atoms with Crippen LogP contribution in [0.1, 0.15) is 115 Å². The standard InChI is InChI=1S/C53H59ClN10O6S2/c1-27-30(4)72-52-45(27)46(34-14-16-36(54)17-15-34)59-40(49-62-61-31(5)64(49)52)23-43(67)58-37-20-39(21-37)70-44-18-9-32(24-55-44)19-42(66)60-48(53(6,7)8)51(69)63-25-38(65)22-41(63)50(68)57-28(2)33-10-12-35(13-11-33)47-29(3)56-26-71-47/h9-18,24,26,28,37-41,48,65H,19-23,25H2,1-8H3,(H,57,68)(H,58,67)(H,60,66)/t28-,37-,38+,39+,40-,41-,48+/m0/s1. The summed E-state index contributed by atoms with van der Waals surface area (Å²) in [7, 11) is 0. The average molecular weight is 1030 g/mol. The van der Waals surface area contributed by atoms with E-state index in [0.717, 1.165) is 54.9 Å². The SMILES string of the molecule is Cc1ncsc1-c1ccc([C@H](C)NC(=O)[C@@H]2C[C@@H](O)CN2C(=O)[C@@H](NC(=O)Cc2ccc(O[C@H]3C[C@@H](NC(=O)C[C@@H]4N=C(c5ccc(Cl)cc5)c5c(sc(C)c5C)-n5c(C)nnc54)C3)nc2)C(C)(C)C)cc1. The largest absolute Gasteiger partial charge is 0.474 e. The number of aliphatic hydroxyl groups is 1. The van der Waals surface area contributed by atoms with E-state index in [1.165, 1.54) is 9.78 Å². The number of halogens is 1. The molecule has 4 aromatic heterocycles. The van der Waals surface area contributed by atoms with Crippen LogP contribution in [0.2, 0.25) is 5.02 Å². The molecule has 1 saturated carbocycles. The molecule has 2 aromatic carbocycles. The first-order valence-electron chi connectivity index (χ1n) is 24.2. The lowest BCUT2D eigenvalue weighted by molar-refractivity contribution is -0.144. The van der Waals surface area contributed by atoms with Gasteiger partial charge in [-0.25, -0.2) is 9.97 Å². The Bertz CT molecular complexity index is 3030. The molecule has 4 N–H and O–H groups in total. The second-order valence-corrected chi connectivity index (χ2v) is 22.6. The van der Waals surface area contributed by atoms with Crippen LogP contribution in [0.5, 0.6) is 5.88 Å². The van der Waals surface area contributed by atoms with Crippen molar-refractivity contribution < 1.29 is 29.0 Å². The first-order valence-corrected chi connectivity index (χ1v) is 26.2. The van der Waals surface area contributed by atoms with Gasteiger partial charge >= 0.3 is 0 Å². The zero-order valence-corrected chi connectivity index (χ0v) is 43.9. The van der Waals surface area contributed by atoms with Crippen LogP contribution in [0.3, 0.4) is 0 Å². The molecule has 0 bridgehead atoms. The highest BCUT2D eigenvalue weighted by Crippen LogP contribution is 2.40. The first kappa shape index (κ1) is 50.6. The lowest BCUT2D eigenvalue weighted by atomic mass is 9.85. The summed E-state index contributed by atoms with van der Waals surface area (Å²) in [5, 5.41) is 30.4. The number of nitrogens with one attached hydrogen (secondary N) is 3. The molecule has 5 atom stereocenters. The molecule has 4 amide bonds. The fourth-order valence-electron chi connectivity index (χ4n) is 9.54. The molecule has 1 aliphatic carbocycles. The average Bonchev–Trinajstić information content (AvgIpc) is 4.10. The Hall–Kier alpha value is -6.34. The number of thiazole rings is 1. The number of nitrogens with zero attached hydrogens (tertiary/aromatic N) is 7. The number of likely N-dealkylation sites (tertiary alicyclic amines) is 1. The summed E-state index contributed by atoms with van der Waals surface area (Å²) in [5.41, 5.74) is 8.41. The summed E-state index contributed by atoms with van der Waals surface area (Å²) in [6.07, 6.45) is 1.80. The van der Waals surface area contributed by atoms with Gasteiger partial charge in [-0.05, 0) is 74.4 Å². The van der Waals surface area contributed by atoms with E-state index in [2.05, 4.69) is 50.0 Å². The van der Waals surface area contributed by atoms with Crippen LogP contribution in [0.25, 0.3) is 15.4 Å². The molecule has 0 spiro atoms. The third kappa shape index (κ3) is 10.7. The van der Waals surface area contributed by atoms with Crippen LogP contribution in [0.15, 0.2) is 77.4 Å². The normalized spacial score (nSPS) is 20.3. The third-order valence-corrected chi connectivity index (χ3v) is 16.1. The maximum Gasteiger partial charge on any atom is 0.246 e. The Morgan fingerprint density at radius 3 is 2.29 bits per heavy atom. The number of pyridine rings is 1. The predicted octanol–water partition coefficient (Wildman–Crippen LogP) is 7.66. The summed E-state index contributed by atoms with van der Waals surface area (Å²) in [6.45, 7) is 15.5. The number of carbonyl (C=O) groups excluding carboxylic acids is 4. The second-order valence-electron chi connectivity index (χ2n) is 20.1. The van der Waals surface area contributed by atoms with E-state index in [0.29, 0.717) is 35.1 Å². The summed E-state index contributed by atoms with van der Waals surface area (Å²) in [4.78, 5) is 72.9. The number of hydrogen-bond acceptors (Lipinski definition) is 13. The maximum absolute atomic E-state index is 14.3. The van der Waals surface area contributed by atoms with Gasteiger partial charge in [0.1, 0.15) is 35.1 Å². The molecule has 16 nitrogen and oxygen atoms in total. The van der Waals surface area contributed by atoms with Crippen LogP contribution >= 0.6 is 34.3 Å². The molecule has 0 radical (unpaired) electrons. The molecule has 19 heteroatoms. The van der Waals surface area contributed by atoms with E-state index in [4.69, 9.17) is 21.3 Å². The summed E-state index contributed by atoms with van der Waals surface area (Å²) in [5.74, 6) is 0.362. The van der Waals surface area contributed by atoms with Gasteiger partial charge in [0.05, 0.1) is 46.8 Å². The van der Waals surface area contributed by atoms with Crippen LogP contribution in [0.4, 0.5) is 0 Å². The van der Waals surface area contributed by atoms with Gasteiger partial charge < -0.3 is 30.7 Å². The molecule has 3 aliphatic rings. The van der Waals surface area contributed by atoms with E-state index < -0.39 is 41.5 Å². The van der Waals surface area contributed by atoms with Gasteiger partial charge in [0.2, 0.25) is 29.5 Å². The van der Waals surface area contributed by atoms with Gasteiger partial charge in [0, 0.05) is 65.1 Å². The Morgan fingerprint density at radius 1 is 0.903 bits per heavy atom. The Balaban J connectivity index is 0.768. The van der Waals surface area contributed by atoms with Crippen molar-refractivity contribution in [3.63, 3.8) is 0 Å². The molecular weight excluding hydrogens is 972 g/mol. The highest BCUT2D eigenvalue weighted by atomic mass is 35.5. The van der Waals surface area contributed by atoms with E-state index in [1.54, 1.807) is 41.0 Å². The first-order chi connectivity index (χ1) is 34.3. The molecule has 9 rings (SSSR count). The van der Waals surface area contributed by atoms with Crippen molar-refractivity contribution in [1.29, 1.82) is 0 Å². The number of aliphatic imine (C=N–C) groups is 1. The number of thiophene rings is 1. The van der Waals surface area contributed by atoms with Crippen molar-refractivity contribution in [1.82, 2.24) is 45.6 Å². The van der Waals surface area contributed by atoms with E-state index in [-0.39, 0.29) is 55.8 Å². The molecule has 6 aromatic rings. The van der Waals surface area contributed by atoms with Gasteiger partial charge in [0.25, 0.3) is 0 Å². The topological polar surface area (TPSA) is 206 Å². The lowest BCUT2D eigenvalue weighted by Gasteiger charge is -2.35. The number of benzene rings is 2. The molecular formula is C53H59ClN10O6S2. The molecule has 0 unspecified atom stereocenters.